The van der Waals surface area contributed by atoms with E-state index in [1.807, 2.05) is 6.92 Å². The molecule has 206 valence electrons. The Morgan fingerprint density at radius 1 is 0.949 bits per heavy atom. The number of carboxylic acids is 1. The zero-order chi connectivity index (χ0) is 28.3. The lowest BCUT2D eigenvalue weighted by Crippen LogP contribution is -2.57. The molecule has 0 aliphatic carbocycles. The number of hydrogen-bond donors (Lipinski definition) is 1. The molecule has 1 heterocycles. The Hall–Kier alpha value is -2.91. The van der Waals surface area contributed by atoms with Crippen molar-refractivity contribution >= 4 is 44.9 Å². The number of amides is 1. The topological polar surface area (TPSA) is 101 Å². The summed E-state index contributed by atoms with van der Waals surface area (Å²) in [5, 5.41) is 11.3. The maximum atomic E-state index is 14.1. The number of hydrogen-bond acceptors (Lipinski definition) is 5. The second-order valence-corrected chi connectivity index (χ2v) is 12.5. The van der Waals surface area contributed by atoms with Gasteiger partial charge in [0, 0.05) is 22.7 Å². The number of ether oxygens (including phenoxy) is 1. The summed E-state index contributed by atoms with van der Waals surface area (Å²) in [6.45, 7) is 1.87. The standard InChI is InChI=1S/C29H29Cl2NO6S/c1-3-4-24(29(34)35)32-26(19-7-11-21(30)12-8-19)27(20-9-13-22(31)14-10-20)38-25(28(32)33)17-18-5-15-23(16-6-18)39(2,36)37/h5-16,24-27H,3-4,17H2,1-2H3,(H,34,35)/t24-,25+,26-,27+/m0/s1. The smallest absolute Gasteiger partial charge is 0.326 e. The molecule has 1 amide bonds. The first-order valence-corrected chi connectivity index (χ1v) is 15.1. The molecule has 4 rings (SSSR count). The van der Waals surface area contributed by atoms with Crippen LogP contribution in [0.5, 0.6) is 0 Å². The molecule has 0 aromatic heterocycles. The fourth-order valence-corrected chi connectivity index (χ4v) is 5.77. The molecular weight excluding hydrogens is 561 g/mol. The van der Waals surface area contributed by atoms with Crippen LogP contribution in [0.3, 0.4) is 0 Å². The van der Waals surface area contributed by atoms with E-state index in [2.05, 4.69) is 0 Å². The molecular formula is C29H29Cl2NO6S. The van der Waals surface area contributed by atoms with Crippen molar-refractivity contribution in [2.75, 3.05) is 6.26 Å². The van der Waals surface area contributed by atoms with Crippen molar-refractivity contribution in [2.45, 2.75) is 55.4 Å². The number of nitrogens with zero attached hydrogens (tertiary/aromatic N) is 1. The summed E-state index contributed by atoms with van der Waals surface area (Å²) in [4.78, 5) is 28.2. The molecule has 0 bridgehead atoms. The molecule has 1 N–H and O–H groups in total. The minimum Gasteiger partial charge on any atom is -0.480 e. The maximum Gasteiger partial charge on any atom is 0.326 e. The van der Waals surface area contributed by atoms with Crippen LogP contribution in [0.2, 0.25) is 10.0 Å². The fraction of sp³-hybridized carbons (Fsp3) is 0.310. The van der Waals surface area contributed by atoms with Crippen LogP contribution in [0.15, 0.2) is 77.7 Å². The third kappa shape index (κ3) is 6.64. The third-order valence-corrected chi connectivity index (χ3v) is 8.43. The Balaban J connectivity index is 1.82. The van der Waals surface area contributed by atoms with Crippen LogP contribution >= 0.6 is 23.2 Å². The molecule has 1 aliphatic heterocycles. The minimum atomic E-state index is -3.38. The van der Waals surface area contributed by atoms with Gasteiger partial charge in [0.05, 0.1) is 10.9 Å². The fourth-order valence-electron chi connectivity index (χ4n) is 4.89. The number of aliphatic carboxylic acids is 1. The summed E-state index contributed by atoms with van der Waals surface area (Å²) in [7, 11) is -3.38. The molecule has 0 saturated carbocycles. The number of carbonyl (C=O) groups is 2. The Labute approximate surface area is 238 Å². The number of sulfone groups is 1. The molecule has 0 unspecified atom stereocenters. The molecule has 1 aliphatic rings. The monoisotopic (exact) mass is 589 g/mol. The molecule has 0 radical (unpaired) electrons. The predicted molar refractivity (Wildman–Crippen MR) is 150 cm³/mol. The molecule has 3 aromatic carbocycles. The summed E-state index contributed by atoms with van der Waals surface area (Å²) >= 11 is 12.3. The van der Waals surface area contributed by atoms with Gasteiger partial charge in [0.15, 0.2) is 9.84 Å². The van der Waals surface area contributed by atoms with Crippen molar-refractivity contribution in [2.24, 2.45) is 0 Å². The van der Waals surface area contributed by atoms with Crippen molar-refractivity contribution in [3.8, 4) is 0 Å². The van der Waals surface area contributed by atoms with E-state index in [0.717, 1.165) is 11.8 Å². The highest BCUT2D eigenvalue weighted by atomic mass is 35.5. The molecule has 1 saturated heterocycles. The summed E-state index contributed by atoms with van der Waals surface area (Å²) in [6, 6.07) is 18.4. The van der Waals surface area contributed by atoms with Gasteiger partial charge >= 0.3 is 5.97 Å². The minimum absolute atomic E-state index is 0.134. The van der Waals surface area contributed by atoms with Crippen LogP contribution in [0, 0.1) is 0 Å². The van der Waals surface area contributed by atoms with Crippen molar-refractivity contribution in [1.29, 1.82) is 0 Å². The molecule has 1 fully saturated rings. The van der Waals surface area contributed by atoms with E-state index in [9.17, 15) is 23.1 Å². The van der Waals surface area contributed by atoms with Crippen LogP contribution in [0.4, 0.5) is 0 Å². The summed E-state index contributed by atoms with van der Waals surface area (Å²) in [6.07, 6.45) is 0.361. The van der Waals surface area contributed by atoms with Gasteiger partial charge in [-0.1, -0.05) is 72.9 Å². The van der Waals surface area contributed by atoms with Gasteiger partial charge in [0.2, 0.25) is 0 Å². The summed E-state index contributed by atoms with van der Waals surface area (Å²) < 4.78 is 30.3. The van der Waals surface area contributed by atoms with E-state index in [-0.39, 0.29) is 17.7 Å². The number of morpholine rings is 1. The molecule has 0 spiro atoms. The predicted octanol–water partition coefficient (Wildman–Crippen LogP) is 5.90. The van der Waals surface area contributed by atoms with E-state index < -0.39 is 46.0 Å². The highest BCUT2D eigenvalue weighted by molar-refractivity contribution is 7.90. The number of rotatable bonds is 9. The number of benzene rings is 3. The van der Waals surface area contributed by atoms with Gasteiger partial charge in [-0.05, 0) is 59.5 Å². The van der Waals surface area contributed by atoms with Crippen molar-refractivity contribution in [3.63, 3.8) is 0 Å². The van der Waals surface area contributed by atoms with E-state index >= 15 is 0 Å². The van der Waals surface area contributed by atoms with Crippen LogP contribution in [-0.2, 0) is 30.6 Å². The SMILES string of the molecule is CCC[C@@H](C(=O)O)N1C(=O)[C@@H](Cc2ccc(S(C)(=O)=O)cc2)O[C@H](c2ccc(Cl)cc2)[C@@H]1c1ccc(Cl)cc1. The highest BCUT2D eigenvalue weighted by Crippen LogP contribution is 2.44. The average Bonchev–Trinajstić information content (AvgIpc) is 2.89. The van der Waals surface area contributed by atoms with E-state index in [0.29, 0.717) is 27.6 Å². The lowest BCUT2D eigenvalue weighted by molar-refractivity contribution is -0.184. The van der Waals surface area contributed by atoms with Gasteiger partial charge in [-0.2, -0.15) is 0 Å². The lowest BCUT2D eigenvalue weighted by Gasteiger charge is -2.47. The largest absolute Gasteiger partial charge is 0.480 e. The number of carbonyl (C=O) groups excluding carboxylic acids is 1. The number of carboxylic acid groups (broad SMARTS) is 1. The normalized spacial score (nSPS) is 20.6. The van der Waals surface area contributed by atoms with Crippen molar-refractivity contribution < 1.29 is 27.9 Å². The van der Waals surface area contributed by atoms with E-state index in [1.165, 1.54) is 17.0 Å². The van der Waals surface area contributed by atoms with Gasteiger partial charge in [-0.15, -0.1) is 0 Å². The van der Waals surface area contributed by atoms with Gasteiger partial charge in [0.25, 0.3) is 5.91 Å². The zero-order valence-electron chi connectivity index (χ0n) is 21.5. The second kappa shape index (κ2) is 12.1. The molecule has 7 nitrogen and oxygen atoms in total. The Bertz CT molecular complexity index is 1430. The first-order chi connectivity index (χ1) is 18.5. The van der Waals surface area contributed by atoms with Gasteiger partial charge < -0.3 is 14.7 Å². The Morgan fingerprint density at radius 2 is 1.49 bits per heavy atom. The quantitative estimate of drug-likeness (QED) is 0.333. The van der Waals surface area contributed by atoms with Crippen molar-refractivity contribution in [1.82, 2.24) is 4.90 Å². The van der Waals surface area contributed by atoms with Crippen LogP contribution in [-0.4, -0.2) is 48.7 Å². The summed E-state index contributed by atoms with van der Waals surface area (Å²) in [5.74, 6) is -1.55. The van der Waals surface area contributed by atoms with Gasteiger partial charge in [-0.25, -0.2) is 13.2 Å². The van der Waals surface area contributed by atoms with Crippen LogP contribution in [0.1, 0.15) is 48.6 Å². The van der Waals surface area contributed by atoms with Crippen molar-refractivity contribution in [3.05, 3.63) is 99.5 Å². The average molecular weight is 591 g/mol. The first kappa shape index (κ1) is 29.1. The summed E-state index contributed by atoms with van der Waals surface area (Å²) in [5.41, 5.74) is 2.10. The molecule has 39 heavy (non-hydrogen) atoms. The Morgan fingerprint density at radius 3 is 1.97 bits per heavy atom. The first-order valence-electron chi connectivity index (χ1n) is 12.5. The van der Waals surface area contributed by atoms with Crippen LogP contribution < -0.4 is 0 Å². The van der Waals surface area contributed by atoms with E-state index in [4.69, 9.17) is 27.9 Å². The van der Waals surface area contributed by atoms with Gasteiger partial charge in [0.1, 0.15) is 18.2 Å². The molecule has 10 heteroatoms. The highest BCUT2D eigenvalue weighted by Gasteiger charge is 2.48. The second-order valence-electron chi connectivity index (χ2n) is 9.60. The maximum absolute atomic E-state index is 14.1. The lowest BCUT2D eigenvalue weighted by atomic mass is 9.88. The Kier molecular flexibility index (Phi) is 9.01. The van der Waals surface area contributed by atoms with Crippen LogP contribution in [0.25, 0.3) is 0 Å². The molecule has 3 aromatic rings. The zero-order valence-corrected chi connectivity index (χ0v) is 23.8. The van der Waals surface area contributed by atoms with E-state index in [1.54, 1.807) is 60.7 Å². The number of halogens is 2. The third-order valence-electron chi connectivity index (χ3n) is 6.79. The molecule has 4 atom stereocenters. The van der Waals surface area contributed by atoms with Gasteiger partial charge in [-0.3, -0.25) is 4.79 Å².